The van der Waals surface area contributed by atoms with E-state index in [1.165, 1.54) is 4.90 Å². The Bertz CT molecular complexity index is 347. The number of rotatable bonds is 2. The molecule has 102 valence electrons. The zero-order chi connectivity index (χ0) is 13.3. The van der Waals surface area contributed by atoms with Gasteiger partial charge in [-0.2, -0.15) is 0 Å². The van der Waals surface area contributed by atoms with Crippen molar-refractivity contribution in [2.45, 2.75) is 44.4 Å². The van der Waals surface area contributed by atoms with E-state index < -0.39 is 18.1 Å². The maximum Gasteiger partial charge on any atom is 0.326 e. The molecule has 0 radical (unpaired) electrons. The highest BCUT2D eigenvalue weighted by molar-refractivity contribution is 5.88. The van der Waals surface area contributed by atoms with Crippen LogP contribution < -0.4 is 5.32 Å². The molecular formula is C12H20N2O4. The van der Waals surface area contributed by atoms with Crippen molar-refractivity contribution in [3.63, 3.8) is 0 Å². The molecule has 0 spiro atoms. The number of carbonyl (C=O) groups is 2. The number of aliphatic carboxylic acids is 1. The normalized spacial score (nSPS) is 36.7. The van der Waals surface area contributed by atoms with Crippen LogP contribution in [0.5, 0.6) is 0 Å². The molecule has 3 N–H and O–H groups in total. The van der Waals surface area contributed by atoms with E-state index in [1.807, 2.05) is 6.92 Å². The molecule has 1 amide bonds. The highest BCUT2D eigenvalue weighted by Gasteiger charge is 2.42. The Morgan fingerprint density at radius 3 is 2.72 bits per heavy atom. The molecule has 2 heterocycles. The van der Waals surface area contributed by atoms with E-state index in [0.29, 0.717) is 0 Å². The van der Waals surface area contributed by atoms with Crippen molar-refractivity contribution in [2.24, 2.45) is 5.92 Å². The molecule has 0 aromatic carbocycles. The largest absolute Gasteiger partial charge is 0.480 e. The summed E-state index contributed by atoms with van der Waals surface area (Å²) in [6.07, 6.45) is 1.41. The number of aliphatic hydroxyl groups is 1. The molecule has 2 aliphatic heterocycles. The van der Waals surface area contributed by atoms with Gasteiger partial charge in [0.15, 0.2) is 0 Å². The summed E-state index contributed by atoms with van der Waals surface area (Å²) in [5, 5.41) is 21.8. The number of carboxylic acid groups (broad SMARTS) is 1. The monoisotopic (exact) mass is 256 g/mol. The summed E-state index contributed by atoms with van der Waals surface area (Å²) in [5.41, 5.74) is 0. The molecular weight excluding hydrogens is 236 g/mol. The minimum atomic E-state index is -1.04. The summed E-state index contributed by atoms with van der Waals surface area (Å²) in [4.78, 5) is 24.8. The number of amides is 1. The Balaban J connectivity index is 2.09. The van der Waals surface area contributed by atoms with Crippen molar-refractivity contribution in [3.05, 3.63) is 0 Å². The van der Waals surface area contributed by atoms with Crippen molar-refractivity contribution in [3.8, 4) is 0 Å². The van der Waals surface area contributed by atoms with E-state index in [-0.39, 0.29) is 30.8 Å². The lowest BCUT2D eigenvalue weighted by atomic mass is 9.91. The van der Waals surface area contributed by atoms with Crippen molar-refractivity contribution in [2.75, 3.05) is 13.1 Å². The van der Waals surface area contributed by atoms with Gasteiger partial charge in [0.2, 0.25) is 5.91 Å². The third-order valence-electron chi connectivity index (χ3n) is 3.88. The minimum Gasteiger partial charge on any atom is -0.480 e. The molecule has 4 atom stereocenters. The lowest BCUT2D eigenvalue weighted by Crippen LogP contribution is -2.54. The molecule has 6 heteroatoms. The SMILES string of the molecule is CC1CCCNC1C(=O)N1CC(O)C[C@H]1C(=O)O. The van der Waals surface area contributed by atoms with Gasteiger partial charge in [0, 0.05) is 13.0 Å². The third-order valence-corrected chi connectivity index (χ3v) is 3.88. The molecule has 2 aliphatic rings. The van der Waals surface area contributed by atoms with Crippen LogP contribution in [0.15, 0.2) is 0 Å². The zero-order valence-corrected chi connectivity index (χ0v) is 10.5. The molecule has 0 aliphatic carbocycles. The van der Waals surface area contributed by atoms with E-state index in [2.05, 4.69) is 5.32 Å². The lowest BCUT2D eigenvalue weighted by molar-refractivity contribution is -0.149. The van der Waals surface area contributed by atoms with Crippen LogP contribution in [-0.4, -0.2) is 58.3 Å². The predicted octanol–water partition coefficient (Wildman–Crippen LogP) is -0.579. The van der Waals surface area contributed by atoms with Gasteiger partial charge in [0.25, 0.3) is 0 Å². The molecule has 2 rings (SSSR count). The van der Waals surface area contributed by atoms with Crippen molar-refractivity contribution < 1.29 is 19.8 Å². The van der Waals surface area contributed by atoms with Crippen molar-refractivity contribution in [1.29, 1.82) is 0 Å². The van der Waals surface area contributed by atoms with Gasteiger partial charge < -0.3 is 20.4 Å². The molecule has 0 saturated carbocycles. The fourth-order valence-corrected chi connectivity index (χ4v) is 2.85. The fourth-order valence-electron chi connectivity index (χ4n) is 2.85. The summed E-state index contributed by atoms with van der Waals surface area (Å²) in [6.45, 7) is 2.91. The third kappa shape index (κ3) is 2.49. The first-order valence-corrected chi connectivity index (χ1v) is 6.45. The second-order valence-corrected chi connectivity index (χ2v) is 5.29. The zero-order valence-electron chi connectivity index (χ0n) is 10.5. The number of nitrogens with zero attached hydrogens (tertiary/aromatic N) is 1. The highest BCUT2D eigenvalue weighted by Crippen LogP contribution is 2.23. The second-order valence-electron chi connectivity index (χ2n) is 5.29. The van der Waals surface area contributed by atoms with Crippen LogP contribution in [0.4, 0.5) is 0 Å². The summed E-state index contributed by atoms with van der Waals surface area (Å²) >= 11 is 0. The minimum absolute atomic E-state index is 0.126. The molecule has 2 saturated heterocycles. The highest BCUT2D eigenvalue weighted by atomic mass is 16.4. The average Bonchev–Trinajstić information content (AvgIpc) is 2.71. The number of β-amino-alcohol motifs (C(OH)–C–C–N with tert-alkyl or cyclic N) is 1. The van der Waals surface area contributed by atoms with Crippen LogP contribution in [0.2, 0.25) is 0 Å². The number of piperidine rings is 1. The molecule has 3 unspecified atom stereocenters. The van der Waals surface area contributed by atoms with E-state index in [9.17, 15) is 14.7 Å². The molecule has 6 nitrogen and oxygen atoms in total. The van der Waals surface area contributed by atoms with E-state index in [4.69, 9.17) is 5.11 Å². The van der Waals surface area contributed by atoms with Crippen LogP contribution in [-0.2, 0) is 9.59 Å². The number of carbonyl (C=O) groups excluding carboxylic acids is 1. The molecule has 2 fully saturated rings. The van der Waals surface area contributed by atoms with Crippen LogP contribution in [0.3, 0.4) is 0 Å². The number of carboxylic acids is 1. The summed E-state index contributed by atoms with van der Waals surface area (Å²) in [6, 6.07) is -1.20. The quantitative estimate of drug-likeness (QED) is 0.615. The predicted molar refractivity (Wildman–Crippen MR) is 63.9 cm³/mol. The Kier molecular flexibility index (Phi) is 3.87. The number of likely N-dealkylation sites (tertiary alicyclic amines) is 1. The molecule has 18 heavy (non-hydrogen) atoms. The van der Waals surface area contributed by atoms with Crippen molar-refractivity contribution in [1.82, 2.24) is 10.2 Å². The summed E-state index contributed by atoms with van der Waals surface area (Å²) in [5.74, 6) is -1.02. The Hall–Kier alpha value is -1.14. The van der Waals surface area contributed by atoms with Crippen molar-refractivity contribution >= 4 is 11.9 Å². The summed E-state index contributed by atoms with van der Waals surface area (Å²) in [7, 11) is 0. The maximum atomic E-state index is 12.4. The van der Waals surface area contributed by atoms with Crippen LogP contribution in [0.1, 0.15) is 26.2 Å². The first-order valence-electron chi connectivity index (χ1n) is 6.45. The fraction of sp³-hybridized carbons (Fsp3) is 0.833. The molecule has 0 bridgehead atoms. The van der Waals surface area contributed by atoms with Crippen LogP contribution >= 0.6 is 0 Å². The van der Waals surface area contributed by atoms with Gasteiger partial charge in [0.05, 0.1) is 12.1 Å². The van der Waals surface area contributed by atoms with Gasteiger partial charge in [0.1, 0.15) is 6.04 Å². The molecule has 0 aromatic rings. The Morgan fingerprint density at radius 2 is 2.11 bits per heavy atom. The Morgan fingerprint density at radius 1 is 1.39 bits per heavy atom. The first-order chi connectivity index (χ1) is 8.50. The van der Waals surface area contributed by atoms with Gasteiger partial charge in [-0.25, -0.2) is 4.79 Å². The van der Waals surface area contributed by atoms with Gasteiger partial charge in [-0.15, -0.1) is 0 Å². The van der Waals surface area contributed by atoms with Crippen LogP contribution in [0, 0.1) is 5.92 Å². The van der Waals surface area contributed by atoms with E-state index in [0.717, 1.165) is 19.4 Å². The standard InChI is InChI=1S/C12H20N2O4/c1-7-3-2-4-13-10(7)11(16)14-6-8(15)5-9(14)12(17)18/h7-10,13,15H,2-6H2,1H3,(H,17,18)/t7?,8?,9-,10?/m0/s1. The number of nitrogens with one attached hydrogen (secondary N) is 1. The van der Waals surface area contributed by atoms with Gasteiger partial charge in [-0.3, -0.25) is 4.79 Å². The van der Waals surface area contributed by atoms with E-state index >= 15 is 0 Å². The number of aliphatic hydroxyl groups excluding tert-OH is 1. The first kappa shape index (κ1) is 13.3. The number of hydrogen-bond acceptors (Lipinski definition) is 4. The lowest BCUT2D eigenvalue weighted by Gasteiger charge is -2.33. The second kappa shape index (κ2) is 5.24. The topological polar surface area (TPSA) is 89.9 Å². The van der Waals surface area contributed by atoms with Gasteiger partial charge in [-0.05, 0) is 25.3 Å². The Labute approximate surface area is 106 Å². The number of hydrogen-bond donors (Lipinski definition) is 3. The van der Waals surface area contributed by atoms with Crippen LogP contribution in [0.25, 0.3) is 0 Å². The van der Waals surface area contributed by atoms with E-state index in [1.54, 1.807) is 0 Å². The maximum absolute atomic E-state index is 12.4. The average molecular weight is 256 g/mol. The summed E-state index contributed by atoms with van der Waals surface area (Å²) < 4.78 is 0. The molecule has 0 aromatic heterocycles. The van der Waals surface area contributed by atoms with Gasteiger partial charge >= 0.3 is 5.97 Å². The van der Waals surface area contributed by atoms with Gasteiger partial charge in [-0.1, -0.05) is 6.92 Å². The smallest absolute Gasteiger partial charge is 0.326 e.